The lowest BCUT2D eigenvalue weighted by molar-refractivity contribution is 0.581. The van der Waals surface area contributed by atoms with E-state index in [1.54, 1.807) is 13.0 Å². The van der Waals surface area contributed by atoms with Gasteiger partial charge in [0.15, 0.2) is 5.82 Å². The molecular weight excluding hydrogens is 388 g/mol. The van der Waals surface area contributed by atoms with E-state index in [9.17, 15) is 17.2 Å². The highest BCUT2D eigenvalue weighted by atomic mass is 79.9. The minimum absolute atomic E-state index is 0.0149. The summed E-state index contributed by atoms with van der Waals surface area (Å²) in [6.07, 6.45) is 0. The second-order valence-corrected chi connectivity index (χ2v) is 7.20. The van der Waals surface area contributed by atoms with E-state index >= 15 is 0 Å². The van der Waals surface area contributed by atoms with E-state index in [-0.39, 0.29) is 20.1 Å². The molecule has 2 aromatic rings. The fourth-order valence-corrected chi connectivity index (χ4v) is 3.98. The third-order valence-corrected chi connectivity index (χ3v) is 5.08. The maximum atomic E-state index is 13.7. The quantitative estimate of drug-likeness (QED) is 0.831. The molecule has 0 atom stereocenters. The third kappa shape index (κ3) is 3.53. The van der Waals surface area contributed by atoms with Crippen LogP contribution < -0.4 is 4.72 Å². The Morgan fingerprint density at radius 2 is 1.86 bits per heavy atom. The zero-order valence-corrected chi connectivity index (χ0v) is 13.8. The SMILES string of the molecule is Cc1ccc(S(=O)(=O)Nc2c(F)cc(F)cc2Br)c(Cl)c1. The van der Waals surface area contributed by atoms with Gasteiger partial charge in [0.2, 0.25) is 0 Å². The van der Waals surface area contributed by atoms with Crippen molar-refractivity contribution < 1.29 is 17.2 Å². The lowest BCUT2D eigenvalue weighted by Crippen LogP contribution is -2.15. The molecule has 0 aliphatic carbocycles. The second kappa shape index (κ2) is 5.90. The Morgan fingerprint density at radius 1 is 1.19 bits per heavy atom. The Morgan fingerprint density at radius 3 is 2.43 bits per heavy atom. The van der Waals surface area contributed by atoms with Gasteiger partial charge < -0.3 is 0 Å². The molecule has 0 heterocycles. The van der Waals surface area contributed by atoms with Gasteiger partial charge in [-0.3, -0.25) is 4.72 Å². The first-order valence-corrected chi connectivity index (χ1v) is 8.29. The van der Waals surface area contributed by atoms with Crippen LogP contribution in [0.2, 0.25) is 5.02 Å². The normalized spacial score (nSPS) is 11.5. The number of hydrogen-bond donors (Lipinski definition) is 1. The number of halogens is 4. The van der Waals surface area contributed by atoms with Gasteiger partial charge in [-0.05, 0) is 46.6 Å². The molecule has 0 fully saturated rings. The van der Waals surface area contributed by atoms with Gasteiger partial charge in [-0.1, -0.05) is 17.7 Å². The van der Waals surface area contributed by atoms with Gasteiger partial charge in [0.05, 0.1) is 10.7 Å². The van der Waals surface area contributed by atoms with Crippen LogP contribution in [0, 0.1) is 18.6 Å². The van der Waals surface area contributed by atoms with E-state index in [1.807, 2.05) is 0 Å². The highest BCUT2D eigenvalue weighted by Crippen LogP contribution is 2.31. The average molecular weight is 397 g/mol. The Hall–Kier alpha value is -1.18. The van der Waals surface area contributed by atoms with Crippen LogP contribution in [-0.4, -0.2) is 8.42 Å². The summed E-state index contributed by atoms with van der Waals surface area (Å²) in [5, 5.41) is 0.0149. The van der Waals surface area contributed by atoms with Crippen LogP contribution >= 0.6 is 27.5 Å². The molecule has 0 aliphatic rings. The van der Waals surface area contributed by atoms with Crippen molar-refractivity contribution in [1.82, 2.24) is 0 Å². The minimum Gasteiger partial charge on any atom is -0.275 e. The van der Waals surface area contributed by atoms with E-state index < -0.39 is 21.7 Å². The summed E-state index contributed by atoms with van der Waals surface area (Å²) < 4.78 is 53.2. The number of sulfonamides is 1. The average Bonchev–Trinajstić information content (AvgIpc) is 2.33. The maximum absolute atomic E-state index is 13.7. The summed E-state index contributed by atoms with van der Waals surface area (Å²) in [7, 11) is -4.09. The van der Waals surface area contributed by atoms with Gasteiger partial charge >= 0.3 is 0 Å². The van der Waals surface area contributed by atoms with Crippen LogP contribution in [0.15, 0.2) is 39.7 Å². The van der Waals surface area contributed by atoms with Crippen molar-refractivity contribution in [2.75, 3.05) is 4.72 Å². The van der Waals surface area contributed by atoms with E-state index in [1.165, 1.54) is 12.1 Å². The van der Waals surface area contributed by atoms with Crippen LogP contribution in [0.4, 0.5) is 14.5 Å². The number of rotatable bonds is 3. The lowest BCUT2D eigenvalue weighted by atomic mass is 10.2. The topological polar surface area (TPSA) is 46.2 Å². The highest BCUT2D eigenvalue weighted by molar-refractivity contribution is 9.10. The Balaban J connectivity index is 2.47. The summed E-state index contributed by atoms with van der Waals surface area (Å²) in [5.41, 5.74) is 0.404. The van der Waals surface area contributed by atoms with Gasteiger partial charge in [0, 0.05) is 10.5 Å². The summed E-state index contributed by atoms with van der Waals surface area (Å²) in [6, 6.07) is 5.90. The van der Waals surface area contributed by atoms with Gasteiger partial charge in [-0.15, -0.1) is 0 Å². The predicted molar refractivity (Wildman–Crippen MR) is 81.1 cm³/mol. The zero-order valence-electron chi connectivity index (χ0n) is 10.6. The van der Waals surface area contributed by atoms with Crippen LogP contribution in [-0.2, 0) is 10.0 Å². The molecule has 2 aromatic carbocycles. The molecule has 112 valence electrons. The van der Waals surface area contributed by atoms with Crippen molar-refractivity contribution in [2.45, 2.75) is 11.8 Å². The smallest absolute Gasteiger partial charge is 0.263 e. The molecule has 0 aliphatic heterocycles. The van der Waals surface area contributed by atoms with Gasteiger partial charge in [-0.25, -0.2) is 17.2 Å². The molecule has 21 heavy (non-hydrogen) atoms. The minimum atomic E-state index is -4.09. The zero-order chi connectivity index (χ0) is 15.8. The van der Waals surface area contributed by atoms with E-state index in [4.69, 9.17) is 11.6 Å². The van der Waals surface area contributed by atoms with E-state index in [2.05, 4.69) is 20.7 Å². The second-order valence-electron chi connectivity index (χ2n) is 4.28. The molecule has 2 rings (SSSR count). The van der Waals surface area contributed by atoms with Crippen molar-refractivity contribution in [2.24, 2.45) is 0 Å². The molecule has 8 heteroatoms. The first-order valence-electron chi connectivity index (χ1n) is 5.64. The van der Waals surface area contributed by atoms with Gasteiger partial charge in [0.25, 0.3) is 10.0 Å². The Kier molecular flexibility index (Phi) is 4.55. The van der Waals surface area contributed by atoms with Crippen LogP contribution in [0.5, 0.6) is 0 Å². The maximum Gasteiger partial charge on any atom is 0.263 e. The fraction of sp³-hybridized carbons (Fsp3) is 0.0769. The highest BCUT2D eigenvalue weighted by Gasteiger charge is 2.21. The molecule has 0 spiro atoms. The molecule has 0 saturated heterocycles. The monoisotopic (exact) mass is 395 g/mol. The van der Waals surface area contributed by atoms with Crippen LogP contribution in [0.1, 0.15) is 5.56 Å². The Bertz CT molecular complexity index is 789. The third-order valence-electron chi connectivity index (χ3n) is 2.62. The number of benzene rings is 2. The largest absolute Gasteiger partial charge is 0.275 e. The van der Waals surface area contributed by atoms with Gasteiger partial charge in [-0.2, -0.15) is 0 Å². The molecular formula is C13H9BrClF2NO2S. The van der Waals surface area contributed by atoms with Crippen molar-refractivity contribution in [3.05, 3.63) is 57.0 Å². The summed E-state index contributed by atoms with van der Waals surface area (Å²) in [4.78, 5) is -0.189. The molecule has 0 radical (unpaired) electrons. The van der Waals surface area contributed by atoms with Crippen molar-refractivity contribution in [1.29, 1.82) is 0 Å². The summed E-state index contributed by atoms with van der Waals surface area (Å²) in [5.74, 6) is -1.86. The molecule has 3 nitrogen and oxygen atoms in total. The first-order chi connectivity index (χ1) is 9.70. The molecule has 0 aromatic heterocycles. The standard InChI is InChI=1S/C13H9BrClF2NO2S/c1-7-2-3-12(10(15)4-7)21(19,20)18-13-9(14)5-8(16)6-11(13)17/h2-6,18H,1H3. The number of hydrogen-bond acceptors (Lipinski definition) is 2. The molecule has 0 saturated carbocycles. The first kappa shape index (κ1) is 16.2. The van der Waals surface area contributed by atoms with Crippen molar-refractivity contribution >= 4 is 43.2 Å². The molecule has 0 unspecified atom stereocenters. The van der Waals surface area contributed by atoms with E-state index in [0.717, 1.165) is 11.6 Å². The van der Waals surface area contributed by atoms with Crippen LogP contribution in [0.3, 0.4) is 0 Å². The van der Waals surface area contributed by atoms with Crippen molar-refractivity contribution in [3.8, 4) is 0 Å². The van der Waals surface area contributed by atoms with E-state index in [0.29, 0.717) is 6.07 Å². The number of aryl methyl sites for hydroxylation is 1. The fourth-order valence-electron chi connectivity index (χ4n) is 1.65. The summed E-state index contributed by atoms with van der Waals surface area (Å²) >= 11 is 8.81. The summed E-state index contributed by atoms with van der Waals surface area (Å²) in [6.45, 7) is 1.76. The predicted octanol–water partition coefficient (Wildman–Crippen LogP) is 4.49. The molecule has 1 N–H and O–H groups in total. The molecule has 0 amide bonds. The lowest BCUT2D eigenvalue weighted by Gasteiger charge is -2.12. The molecule has 0 bridgehead atoms. The number of nitrogens with one attached hydrogen (secondary N) is 1. The van der Waals surface area contributed by atoms with Gasteiger partial charge in [0.1, 0.15) is 10.7 Å². The van der Waals surface area contributed by atoms with Crippen molar-refractivity contribution in [3.63, 3.8) is 0 Å². The van der Waals surface area contributed by atoms with Crippen LogP contribution in [0.25, 0.3) is 0 Å². The Labute approximate surface area is 134 Å². The number of anilines is 1.